The molecule has 4 heteroatoms. The second kappa shape index (κ2) is 14.3. The highest BCUT2D eigenvalue weighted by Gasteiger charge is 2.53. The molecule has 0 bridgehead atoms. The van der Waals surface area contributed by atoms with Crippen molar-refractivity contribution in [3.8, 4) is 0 Å². The zero-order valence-electron chi connectivity index (χ0n) is 19.8. The minimum absolute atomic E-state index is 0.0144. The highest BCUT2D eigenvalue weighted by molar-refractivity contribution is 6.13. The van der Waals surface area contributed by atoms with E-state index in [1.165, 1.54) is 95.5 Å². The summed E-state index contributed by atoms with van der Waals surface area (Å²) >= 11 is 0. The van der Waals surface area contributed by atoms with Crippen molar-refractivity contribution in [3.63, 3.8) is 0 Å². The minimum atomic E-state index is -0.743. The largest absolute Gasteiger partial charge is 0.387 e. The molecule has 1 aromatic carbocycles. The van der Waals surface area contributed by atoms with Gasteiger partial charge in [-0.15, -0.1) is 0 Å². The van der Waals surface area contributed by atoms with E-state index >= 15 is 0 Å². The summed E-state index contributed by atoms with van der Waals surface area (Å²) in [5.41, 5.74) is 6.95. The molecule has 0 saturated heterocycles. The fourth-order valence-electron chi connectivity index (χ4n) is 4.27. The van der Waals surface area contributed by atoms with Crippen molar-refractivity contribution in [1.29, 1.82) is 5.41 Å². The van der Waals surface area contributed by atoms with Crippen molar-refractivity contribution in [2.24, 2.45) is 11.1 Å². The van der Waals surface area contributed by atoms with Crippen LogP contribution in [-0.2, 0) is 11.2 Å². The quantitative estimate of drug-likeness (QED) is 0.130. The molecule has 4 N–H and O–H groups in total. The van der Waals surface area contributed by atoms with Crippen LogP contribution in [0.3, 0.4) is 0 Å². The standard InChI is InChI=1S/C27H45N3O/c1-2-3-4-5-6-7-8-9-10-11-12-13-14-15-16-23-17-19-24(20-18-23)30-26(31)27(21-22-27)25(28)29/h17-20H,2-16,21-22H2,1H3,(H3,28,29)(H,30,31). The second-order valence-corrected chi connectivity index (χ2v) is 9.49. The summed E-state index contributed by atoms with van der Waals surface area (Å²) < 4.78 is 0. The number of anilines is 1. The summed E-state index contributed by atoms with van der Waals surface area (Å²) in [7, 11) is 0. The van der Waals surface area contributed by atoms with Crippen LogP contribution in [0.2, 0.25) is 0 Å². The number of nitrogens with one attached hydrogen (secondary N) is 2. The van der Waals surface area contributed by atoms with Crippen LogP contribution in [0.5, 0.6) is 0 Å². The maximum atomic E-state index is 12.3. The molecule has 1 amide bonds. The van der Waals surface area contributed by atoms with Gasteiger partial charge in [-0.05, 0) is 43.4 Å². The molecular formula is C27H45N3O. The van der Waals surface area contributed by atoms with Gasteiger partial charge < -0.3 is 11.1 Å². The second-order valence-electron chi connectivity index (χ2n) is 9.49. The lowest BCUT2D eigenvalue weighted by molar-refractivity contribution is -0.119. The Morgan fingerprint density at radius 3 is 1.71 bits per heavy atom. The number of aryl methyl sites for hydroxylation is 1. The highest BCUT2D eigenvalue weighted by atomic mass is 16.2. The van der Waals surface area contributed by atoms with Crippen LogP contribution >= 0.6 is 0 Å². The molecule has 31 heavy (non-hydrogen) atoms. The Kier molecular flexibility index (Phi) is 11.7. The average molecular weight is 428 g/mol. The van der Waals surface area contributed by atoms with Crippen LogP contribution in [0.15, 0.2) is 24.3 Å². The predicted molar refractivity (Wildman–Crippen MR) is 133 cm³/mol. The molecule has 1 fully saturated rings. The van der Waals surface area contributed by atoms with Gasteiger partial charge in [-0.3, -0.25) is 10.2 Å². The molecule has 174 valence electrons. The Bertz CT molecular complexity index is 649. The lowest BCUT2D eigenvalue weighted by Gasteiger charge is -2.13. The van der Waals surface area contributed by atoms with Gasteiger partial charge in [0, 0.05) is 5.69 Å². The lowest BCUT2D eigenvalue weighted by Crippen LogP contribution is -2.35. The molecule has 0 aliphatic heterocycles. The summed E-state index contributed by atoms with van der Waals surface area (Å²) in [6, 6.07) is 8.14. The summed E-state index contributed by atoms with van der Waals surface area (Å²) in [5, 5.41) is 10.5. The number of amides is 1. The van der Waals surface area contributed by atoms with Crippen LogP contribution in [0.25, 0.3) is 0 Å². The third-order valence-electron chi connectivity index (χ3n) is 6.73. The predicted octanol–water partition coefficient (Wildman–Crippen LogP) is 7.37. The molecular weight excluding hydrogens is 382 g/mol. The minimum Gasteiger partial charge on any atom is -0.387 e. The summed E-state index contributed by atoms with van der Waals surface area (Å²) in [4.78, 5) is 12.3. The number of benzene rings is 1. The Hall–Kier alpha value is -1.84. The summed E-state index contributed by atoms with van der Waals surface area (Å²) in [5.74, 6) is -0.154. The molecule has 1 aliphatic carbocycles. The molecule has 1 aromatic rings. The van der Waals surface area contributed by atoms with Crippen molar-refractivity contribution >= 4 is 17.4 Å². The maximum Gasteiger partial charge on any atom is 0.238 e. The number of hydrogen-bond acceptors (Lipinski definition) is 2. The Balaban J connectivity index is 1.44. The topological polar surface area (TPSA) is 79.0 Å². The van der Waals surface area contributed by atoms with Crippen molar-refractivity contribution < 1.29 is 4.79 Å². The number of amidine groups is 1. The molecule has 0 heterocycles. The zero-order valence-corrected chi connectivity index (χ0v) is 19.8. The normalized spacial score (nSPS) is 14.4. The van der Waals surface area contributed by atoms with Crippen molar-refractivity contribution in [3.05, 3.63) is 29.8 Å². The number of nitrogens with two attached hydrogens (primary N) is 1. The fraction of sp³-hybridized carbons (Fsp3) is 0.704. The average Bonchev–Trinajstić information content (AvgIpc) is 3.57. The smallest absolute Gasteiger partial charge is 0.238 e. The number of rotatable bonds is 18. The first-order valence-corrected chi connectivity index (χ1v) is 12.8. The number of unbranched alkanes of at least 4 members (excludes halogenated alkanes) is 13. The van der Waals surface area contributed by atoms with E-state index in [0.717, 1.165) is 12.1 Å². The number of hydrogen-bond donors (Lipinski definition) is 3. The molecule has 2 rings (SSSR count). The maximum absolute atomic E-state index is 12.3. The van der Waals surface area contributed by atoms with Gasteiger partial charge in [0.05, 0.1) is 0 Å². The third-order valence-corrected chi connectivity index (χ3v) is 6.73. The Morgan fingerprint density at radius 1 is 0.839 bits per heavy atom. The van der Waals surface area contributed by atoms with Gasteiger partial charge in [0.25, 0.3) is 0 Å². The Morgan fingerprint density at radius 2 is 1.29 bits per heavy atom. The van der Waals surface area contributed by atoms with Crippen molar-refractivity contribution in [2.75, 3.05) is 5.32 Å². The number of carbonyl (C=O) groups is 1. The van der Waals surface area contributed by atoms with E-state index in [2.05, 4.69) is 24.4 Å². The fourth-order valence-corrected chi connectivity index (χ4v) is 4.27. The van der Waals surface area contributed by atoms with E-state index < -0.39 is 5.41 Å². The first-order chi connectivity index (χ1) is 15.1. The van der Waals surface area contributed by atoms with Gasteiger partial charge in [-0.25, -0.2) is 0 Å². The van der Waals surface area contributed by atoms with Gasteiger partial charge in [0.1, 0.15) is 11.3 Å². The van der Waals surface area contributed by atoms with E-state index in [0.29, 0.717) is 12.8 Å². The van der Waals surface area contributed by atoms with Crippen molar-refractivity contribution in [2.45, 2.75) is 116 Å². The van der Waals surface area contributed by atoms with E-state index in [1.807, 2.05) is 12.1 Å². The monoisotopic (exact) mass is 427 g/mol. The van der Waals surface area contributed by atoms with Crippen LogP contribution in [-0.4, -0.2) is 11.7 Å². The molecule has 0 aromatic heterocycles. The third kappa shape index (κ3) is 9.45. The van der Waals surface area contributed by atoms with Gasteiger partial charge in [-0.1, -0.05) is 103 Å². The SMILES string of the molecule is CCCCCCCCCCCCCCCCc1ccc(NC(=O)C2(C(=N)N)CC2)cc1. The van der Waals surface area contributed by atoms with E-state index in [1.54, 1.807) is 0 Å². The van der Waals surface area contributed by atoms with Crippen LogP contribution < -0.4 is 11.1 Å². The first-order valence-electron chi connectivity index (χ1n) is 12.8. The van der Waals surface area contributed by atoms with Gasteiger partial charge in [0.15, 0.2) is 0 Å². The van der Waals surface area contributed by atoms with E-state index in [4.69, 9.17) is 11.1 Å². The van der Waals surface area contributed by atoms with Gasteiger partial charge in [0.2, 0.25) is 5.91 Å². The first kappa shape index (κ1) is 25.4. The van der Waals surface area contributed by atoms with Crippen molar-refractivity contribution in [1.82, 2.24) is 0 Å². The van der Waals surface area contributed by atoms with E-state index in [-0.39, 0.29) is 11.7 Å². The molecule has 1 saturated carbocycles. The number of carbonyl (C=O) groups excluding carboxylic acids is 1. The highest BCUT2D eigenvalue weighted by Crippen LogP contribution is 2.46. The van der Waals surface area contributed by atoms with Crippen LogP contribution in [0.1, 0.15) is 115 Å². The lowest BCUT2D eigenvalue weighted by atomic mass is 10.0. The van der Waals surface area contributed by atoms with Crippen LogP contribution in [0, 0.1) is 10.8 Å². The van der Waals surface area contributed by atoms with Gasteiger partial charge in [-0.2, -0.15) is 0 Å². The van der Waals surface area contributed by atoms with Gasteiger partial charge >= 0.3 is 0 Å². The van der Waals surface area contributed by atoms with Crippen LogP contribution in [0.4, 0.5) is 5.69 Å². The molecule has 0 spiro atoms. The molecule has 4 nitrogen and oxygen atoms in total. The molecule has 0 radical (unpaired) electrons. The summed E-state index contributed by atoms with van der Waals surface area (Å²) in [6.45, 7) is 2.28. The Labute approximate surface area is 190 Å². The molecule has 0 unspecified atom stereocenters. The molecule has 0 atom stereocenters. The zero-order chi connectivity index (χ0) is 22.4. The molecule has 1 aliphatic rings. The summed E-state index contributed by atoms with van der Waals surface area (Å²) in [6.07, 6.45) is 21.9. The van der Waals surface area contributed by atoms with E-state index in [9.17, 15) is 4.79 Å².